The first kappa shape index (κ1) is 49.2. The fourth-order valence-electron chi connectivity index (χ4n) is 6.57. The summed E-state index contributed by atoms with van der Waals surface area (Å²) in [5.41, 5.74) is 0. The first-order chi connectivity index (χ1) is 24.9. The van der Waals surface area contributed by atoms with E-state index in [1.165, 1.54) is 128 Å². The Morgan fingerprint density at radius 1 is 0.549 bits per heavy atom. The predicted octanol–water partition coefficient (Wildman–Crippen LogP) is 13.7. The third kappa shape index (κ3) is 37.7. The van der Waals surface area contributed by atoms with Gasteiger partial charge in [0.05, 0.1) is 13.2 Å². The summed E-state index contributed by atoms with van der Waals surface area (Å²) in [6.07, 6.45) is 41.5. The van der Waals surface area contributed by atoms with Gasteiger partial charge in [-0.1, -0.05) is 167 Å². The fourth-order valence-corrected chi connectivity index (χ4v) is 6.57. The van der Waals surface area contributed by atoms with Gasteiger partial charge in [0.2, 0.25) is 0 Å². The summed E-state index contributed by atoms with van der Waals surface area (Å²) in [5.74, 6) is 0.374. The van der Waals surface area contributed by atoms with Crippen LogP contribution in [0.1, 0.15) is 207 Å². The summed E-state index contributed by atoms with van der Waals surface area (Å²) >= 11 is 0. The maximum Gasteiger partial charge on any atom is 0.508 e. The fraction of sp³-hybridized carbons (Fsp3) is 0.867. The second kappa shape index (κ2) is 39.4. The Balaban J connectivity index is 4.68. The highest BCUT2D eigenvalue weighted by Crippen LogP contribution is 2.26. The minimum atomic E-state index is -0.590. The zero-order valence-electron chi connectivity index (χ0n) is 34.6. The van der Waals surface area contributed by atoms with Crippen molar-refractivity contribution in [3.8, 4) is 0 Å². The maximum absolute atomic E-state index is 12.7. The molecule has 1 atom stereocenters. The van der Waals surface area contributed by atoms with Crippen molar-refractivity contribution in [3.63, 3.8) is 0 Å². The zero-order chi connectivity index (χ0) is 37.5. The normalized spacial score (nSPS) is 12.5. The number of carbonyl (C=O) groups excluding carboxylic acids is 2. The highest BCUT2D eigenvalue weighted by Gasteiger charge is 2.22. The van der Waals surface area contributed by atoms with Crippen molar-refractivity contribution in [2.24, 2.45) is 5.92 Å². The molecule has 300 valence electrons. The van der Waals surface area contributed by atoms with Crippen molar-refractivity contribution in [1.29, 1.82) is 0 Å². The number of hydrogen-bond donors (Lipinski definition) is 0. The summed E-state index contributed by atoms with van der Waals surface area (Å²) in [6, 6.07) is 0. The van der Waals surface area contributed by atoms with E-state index in [2.05, 4.69) is 50.0 Å². The van der Waals surface area contributed by atoms with Crippen LogP contribution in [0.2, 0.25) is 0 Å². The highest BCUT2D eigenvalue weighted by atomic mass is 16.7. The van der Waals surface area contributed by atoms with Crippen molar-refractivity contribution < 1.29 is 23.8 Å². The first-order valence-electron chi connectivity index (χ1n) is 21.9. The molecule has 0 fully saturated rings. The van der Waals surface area contributed by atoms with Gasteiger partial charge in [0, 0.05) is 19.4 Å². The van der Waals surface area contributed by atoms with Crippen molar-refractivity contribution in [2.75, 3.05) is 33.9 Å². The zero-order valence-corrected chi connectivity index (χ0v) is 34.6. The number of carbonyl (C=O) groups is 2. The van der Waals surface area contributed by atoms with Gasteiger partial charge < -0.3 is 19.1 Å². The molecule has 0 spiro atoms. The van der Waals surface area contributed by atoms with Gasteiger partial charge in [-0.15, -0.1) is 0 Å². The molecule has 0 rings (SSSR count). The maximum atomic E-state index is 12.7. The largest absolute Gasteiger partial charge is 0.508 e. The van der Waals surface area contributed by atoms with Crippen molar-refractivity contribution in [3.05, 3.63) is 24.3 Å². The quantitative estimate of drug-likeness (QED) is 0.0359. The molecular weight excluding hydrogens is 634 g/mol. The average Bonchev–Trinajstić information content (AvgIpc) is 3.11. The van der Waals surface area contributed by atoms with Crippen LogP contribution in [0.3, 0.4) is 0 Å². The summed E-state index contributed by atoms with van der Waals surface area (Å²) in [5, 5.41) is 0. The summed E-state index contributed by atoms with van der Waals surface area (Å²) in [7, 11) is 4.03. The Hall–Kier alpha value is -1.82. The van der Waals surface area contributed by atoms with Gasteiger partial charge in [0.25, 0.3) is 0 Å². The van der Waals surface area contributed by atoms with Gasteiger partial charge in [0.1, 0.15) is 6.10 Å². The van der Waals surface area contributed by atoms with Crippen molar-refractivity contribution in [2.45, 2.75) is 213 Å². The number of esters is 1. The van der Waals surface area contributed by atoms with E-state index in [1.54, 1.807) is 0 Å². The lowest BCUT2D eigenvalue weighted by atomic mass is 9.88. The number of ether oxygens (including phenoxy) is 3. The van der Waals surface area contributed by atoms with Gasteiger partial charge in [-0.2, -0.15) is 0 Å². The Morgan fingerprint density at radius 2 is 1.06 bits per heavy atom. The second-order valence-corrected chi connectivity index (χ2v) is 15.2. The number of allylic oxidation sites excluding steroid dienone is 4. The van der Waals surface area contributed by atoms with E-state index in [1.807, 2.05) is 14.1 Å². The second-order valence-electron chi connectivity index (χ2n) is 15.2. The van der Waals surface area contributed by atoms with Gasteiger partial charge in [0.15, 0.2) is 0 Å². The minimum Gasteiger partial charge on any atom is -0.466 e. The summed E-state index contributed by atoms with van der Waals surface area (Å²) in [4.78, 5) is 27.3. The lowest BCUT2D eigenvalue weighted by molar-refractivity contribution is -0.144. The Morgan fingerprint density at radius 3 is 1.65 bits per heavy atom. The van der Waals surface area contributed by atoms with Crippen LogP contribution in [-0.2, 0) is 19.0 Å². The standard InChI is InChI=1S/C45H85NO5/c1-6-9-12-15-18-19-20-21-22-23-24-25-26-29-32-36-44(47)49-40-37-43(51-45(48)50-39-33-38-46(4)5)41-42(34-30-27-16-13-10-7-2)35-31-28-17-14-11-8-3/h18-19,21-22,42-43H,6-17,20,23-41H2,1-5H3/b19-18-,22-21-. The summed E-state index contributed by atoms with van der Waals surface area (Å²) < 4.78 is 17.0. The average molecular weight is 720 g/mol. The lowest BCUT2D eigenvalue weighted by Crippen LogP contribution is -2.25. The molecule has 51 heavy (non-hydrogen) atoms. The molecule has 0 aliphatic heterocycles. The summed E-state index contributed by atoms with van der Waals surface area (Å²) in [6.45, 7) is 8.28. The van der Waals surface area contributed by atoms with Crippen molar-refractivity contribution in [1.82, 2.24) is 4.90 Å². The van der Waals surface area contributed by atoms with E-state index in [-0.39, 0.29) is 12.1 Å². The van der Waals surface area contributed by atoms with Gasteiger partial charge in [-0.05, 0) is 71.4 Å². The molecule has 0 amide bonds. The topological polar surface area (TPSA) is 65.1 Å². The molecule has 0 N–H and O–H groups in total. The molecule has 1 unspecified atom stereocenters. The van der Waals surface area contributed by atoms with E-state index >= 15 is 0 Å². The van der Waals surface area contributed by atoms with Crippen LogP contribution in [0.25, 0.3) is 0 Å². The van der Waals surface area contributed by atoms with Crippen LogP contribution in [0.5, 0.6) is 0 Å². The van der Waals surface area contributed by atoms with E-state index in [4.69, 9.17) is 14.2 Å². The molecule has 0 aromatic rings. The van der Waals surface area contributed by atoms with Gasteiger partial charge >= 0.3 is 12.1 Å². The van der Waals surface area contributed by atoms with Gasteiger partial charge in [-0.25, -0.2) is 4.79 Å². The smallest absolute Gasteiger partial charge is 0.466 e. The number of hydrogen-bond acceptors (Lipinski definition) is 6. The first-order valence-corrected chi connectivity index (χ1v) is 21.9. The molecule has 0 aliphatic rings. The van der Waals surface area contributed by atoms with Crippen molar-refractivity contribution >= 4 is 12.1 Å². The van der Waals surface area contributed by atoms with E-state index in [9.17, 15) is 9.59 Å². The Labute approximate surface area is 317 Å². The molecule has 0 aliphatic carbocycles. The molecule has 6 nitrogen and oxygen atoms in total. The monoisotopic (exact) mass is 720 g/mol. The predicted molar refractivity (Wildman–Crippen MR) is 218 cm³/mol. The Kier molecular flexibility index (Phi) is 38.0. The van der Waals surface area contributed by atoms with Crippen LogP contribution in [0.15, 0.2) is 24.3 Å². The van der Waals surface area contributed by atoms with E-state index in [0.717, 1.165) is 51.5 Å². The molecule has 0 saturated heterocycles. The Bertz CT molecular complexity index is 794. The molecule has 6 heteroatoms. The molecule has 0 saturated carbocycles. The molecule has 0 bridgehead atoms. The number of rotatable bonds is 38. The minimum absolute atomic E-state index is 0.138. The van der Waals surface area contributed by atoms with E-state index < -0.39 is 6.16 Å². The number of nitrogens with zero attached hydrogens (tertiary/aromatic N) is 1. The number of unbranched alkanes of at least 4 members (excludes halogenated alkanes) is 18. The van der Waals surface area contributed by atoms with Crippen LogP contribution >= 0.6 is 0 Å². The van der Waals surface area contributed by atoms with Crippen LogP contribution in [0, 0.1) is 5.92 Å². The molecule has 0 heterocycles. The third-order valence-electron chi connectivity index (χ3n) is 9.79. The molecular formula is C45H85NO5. The highest BCUT2D eigenvalue weighted by molar-refractivity contribution is 5.69. The third-order valence-corrected chi connectivity index (χ3v) is 9.79. The van der Waals surface area contributed by atoms with Gasteiger partial charge in [-0.3, -0.25) is 4.79 Å². The SMILES string of the molecule is CCCCC/C=C\C/C=C\CCCCCCCC(=O)OCCC(CC(CCCCCCCC)CCCCCCCC)OC(=O)OCCCN(C)C. The van der Waals surface area contributed by atoms with E-state index in [0.29, 0.717) is 32.0 Å². The molecule has 0 aromatic heterocycles. The molecule has 0 radical (unpaired) electrons. The van der Waals surface area contributed by atoms with Crippen LogP contribution in [-0.4, -0.2) is 57.0 Å². The lowest BCUT2D eigenvalue weighted by Gasteiger charge is -2.24. The van der Waals surface area contributed by atoms with Crippen LogP contribution in [0.4, 0.5) is 4.79 Å². The molecule has 0 aromatic carbocycles. The van der Waals surface area contributed by atoms with Crippen LogP contribution < -0.4 is 0 Å².